The Labute approximate surface area is 135 Å². The Bertz CT molecular complexity index is 710. The van der Waals surface area contributed by atoms with Crippen LogP contribution in [0.1, 0.15) is 21.9 Å². The van der Waals surface area contributed by atoms with Gasteiger partial charge >= 0.3 is 0 Å². The van der Waals surface area contributed by atoms with Gasteiger partial charge in [-0.3, -0.25) is 9.59 Å². The highest BCUT2D eigenvalue weighted by Crippen LogP contribution is 2.15. The van der Waals surface area contributed by atoms with Crippen LogP contribution in [0, 0.1) is 6.92 Å². The van der Waals surface area contributed by atoms with Crippen molar-refractivity contribution < 1.29 is 14.0 Å². The summed E-state index contributed by atoms with van der Waals surface area (Å²) in [5.74, 6) is 0.525. The number of nitrogens with one attached hydrogen (secondary N) is 2. The molecule has 0 saturated carbocycles. The van der Waals surface area contributed by atoms with Crippen molar-refractivity contribution in [1.29, 1.82) is 0 Å². The lowest BCUT2D eigenvalue weighted by molar-refractivity contribution is -0.120. The molecule has 114 valence electrons. The smallest absolute Gasteiger partial charge is 0.259 e. The van der Waals surface area contributed by atoms with Gasteiger partial charge < -0.3 is 9.73 Å². The van der Waals surface area contributed by atoms with Crippen LogP contribution in [0.3, 0.4) is 0 Å². The first-order chi connectivity index (χ1) is 10.6. The van der Waals surface area contributed by atoms with Crippen LogP contribution in [0.5, 0.6) is 0 Å². The zero-order chi connectivity index (χ0) is 15.9. The van der Waals surface area contributed by atoms with Gasteiger partial charge in [0.25, 0.3) is 11.8 Å². The molecule has 0 fully saturated rings. The largest absolute Gasteiger partial charge is 0.460 e. The molecule has 1 heterocycles. The van der Waals surface area contributed by atoms with E-state index in [1.165, 1.54) is 6.21 Å². The highest BCUT2D eigenvalue weighted by Gasteiger charge is 2.10. The normalized spacial score (nSPS) is 10.6. The lowest BCUT2D eigenvalue weighted by atomic mass is 10.2. The van der Waals surface area contributed by atoms with Crippen molar-refractivity contribution in [2.75, 3.05) is 6.54 Å². The summed E-state index contributed by atoms with van der Waals surface area (Å²) in [5.41, 5.74) is 2.77. The number of rotatable bonds is 5. The topological polar surface area (TPSA) is 83.7 Å². The van der Waals surface area contributed by atoms with Crippen LogP contribution in [-0.2, 0) is 4.79 Å². The maximum Gasteiger partial charge on any atom is 0.259 e. The predicted molar refractivity (Wildman–Crippen MR) is 85.7 cm³/mol. The molecule has 2 rings (SSSR count). The summed E-state index contributed by atoms with van der Waals surface area (Å²) >= 11 is 3.28. The second-order valence-corrected chi connectivity index (χ2v) is 5.26. The molecule has 1 aromatic heterocycles. The van der Waals surface area contributed by atoms with E-state index in [0.29, 0.717) is 15.8 Å². The summed E-state index contributed by atoms with van der Waals surface area (Å²) in [6.07, 6.45) is 1.39. The molecule has 0 aliphatic carbocycles. The highest BCUT2D eigenvalue weighted by atomic mass is 79.9. The maximum absolute atomic E-state index is 11.9. The van der Waals surface area contributed by atoms with Crippen LogP contribution in [0.4, 0.5) is 0 Å². The van der Waals surface area contributed by atoms with E-state index in [1.807, 2.05) is 6.92 Å². The van der Waals surface area contributed by atoms with Crippen molar-refractivity contribution in [3.05, 3.63) is 58.0 Å². The number of nitrogens with zero attached hydrogens (tertiary/aromatic N) is 1. The first-order valence-corrected chi connectivity index (χ1v) is 7.26. The molecule has 0 bridgehead atoms. The lowest BCUT2D eigenvalue weighted by Crippen LogP contribution is -2.35. The number of hydrogen-bond acceptors (Lipinski definition) is 4. The Kier molecular flexibility index (Phi) is 5.48. The molecule has 0 radical (unpaired) electrons. The van der Waals surface area contributed by atoms with E-state index < -0.39 is 5.91 Å². The fourth-order valence-corrected chi connectivity index (χ4v) is 2.10. The number of furan rings is 1. The summed E-state index contributed by atoms with van der Waals surface area (Å²) in [7, 11) is 0. The van der Waals surface area contributed by atoms with Gasteiger partial charge in [-0.2, -0.15) is 5.10 Å². The minimum Gasteiger partial charge on any atom is -0.460 e. The average Bonchev–Trinajstić information content (AvgIpc) is 2.91. The Morgan fingerprint density at radius 1 is 1.27 bits per heavy atom. The van der Waals surface area contributed by atoms with Gasteiger partial charge in [-0.05, 0) is 47.1 Å². The molecule has 0 aliphatic rings. The molecule has 22 heavy (non-hydrogen) atoms. The quantitative estimate of drug-likeness (QED) is 0.631. The average molecular weight is 364 g/mol. The van der Waals surface area contributed by atoms with Gasteiger partial charge in [0.05, 0.1) is 18.3 Å². The monoisotopic (exact) mass is 363 g/mol. The molecule has 7 heteroatoms. The molecule has 0 spiro atoms. The summed E-state index contributed by atoms with van der Waals surface area (Å²) in [4.78, 5) is 23.5. The predicted octanol–water partition coefficient (Wildman–Crippen LogP) is 2.23. The molecule has 6 nitrogen and oxygen atoms in total. The first kappa shape index (κ1) is 16.0. The van der Waals surface area contributed by atoms with Crippen LogP contribution in [-0.4, -0.2) is 24.6 Å². The third-order valence-corrected chi connectivity index (χ3v) is 3.36. The fourth-order valence-electron chi connectivity index (χ4n) is 1.63. The number of hydrogen-bond donors (Lipinski definition) is 2. The Hall–Kier alpha value is -2.41. The number of carbonyl (C=O) groups excluding carboxylic acids is 2. The Morgan fingerprint density at radius 3 is 2.73 bits per heavy atom. The number of benzene rings is 1. The summed E-state index contributed by atoms with van der Waals surface area (Å²) in [5, 5.41) is 6.26. The number of aryl methyl sites for hydroxylation is 1. The summed E-state index contributed by atoms with van der Waals surface area (Å²) < 4.78 is 5.92. The van der Waals surface area contributed by atoms with E-state index in [1.54, 1.807) is 36.4 Å². The van der Waals surface area contributed by atoms with Crippen LogP contribution < -0.4 is 10.7 Å². The number of amides is 2. The zero-order valence-electron chi connectivity index (χ0n) is 11.8. The van der Waals surface area contributed by atoms with Gasteiger partial charge in [-0.1, -0.05) is 12.1 Å². The highest BCUT2D eigenvalue weighted by molar-refractivity contribution is 9.10. The second kappa shape index (κ2) is 7.56. The molecule has 0 aliphatic heterocycles. The molecule has 2 N–H and O–H groups in total. The van der Waals surface area contributed by atoms with E-state index in [-0.39, 0.29) is 12.5 Å². The lowest BCUT2D eigenvalue weighted by Gasteiger charge is -2.05. The minimum atomic E-state index is -0.431. The SMILES string of the molecule is Cc1ccc(/C=N\NC(=O)CNC(=O)c2ccccc2Br)o1. The van der Waals surface area contributed by atoms with Crippen molar-refractivity contribution in [3.63, 3.8) is 0 Å². The Balaban J connectivity index is 1.79. The second-order valence-electron chi connectivity index (χ2n) is 4.40. The van der Waals surface area contributed by atoms with Crippen molar-refractivity contribution >= 4 is 34.0 Å². The van der Waals surface area contributed by atoms with Gasteiger partial charge in [-0.15, -0.1) is 0 Å². The molecular formula is C15H14BrN3O3. The number of hydrazone groups is 1. The molecular weight excluding hydrogens is 350 g/mol. The fraction of sp³-hybridized carbons (Fsp3) is 0.133. The number of carbonyl (C=O) groups is 2. The van der Waals surface area contributed by atoms with E-state index in [2.05, 4.69) is 31.8 Å². The molecule has 2 aromatic rings. The third kappa shape index (κ3) is 4.56. The van der Waals surface area contributed by atoms with Gasteiger partial charge in [0.15, 0.2) is 0 Å². The van der Waals surface area contributed by atoms with E-state index in [4.69, 9.17) is 4.42 Å². The molecule has 0 unspecified atom stereocenters. The first-order valence-electron chi connectivity index (χ1n) is 6.47. The van der Waals surface area contributed by atoms with Crippen LogP contribution in [0.25, 0.3) is 0 Å². The van der Waals surface area contributed by atoms with Gasteiger partial charge in [-0.25, -0.2) is 5.43 Å². The van der Waals surface area contributed by atoms with Crippen molar-refractivity contribution in [2.24, 2.45) is 5.10 Å². The molecule has 0 atom stereocenters. The van der Waals surface area contributed by atoms with Crippen molar-refractivity contribution in [1.82, 2.24) is 10.7 Å². The van der Waals surface area contributed by atoms with Gasteiger partial charge in [0.2, 0.25) is 0 Å². The number of halogens is 1. The maximum atomic E-state index is 11.9. The van der Waals surface area contributed by atoms with E-state index in [0.717, 1.165) is 5.76 Å². The zero-order valence-corrected chi connectivity index (χ0v) is 13.4. The van der Waals surface area contributed by atoms with Crippen LogP contribution in [0.15, 0.2) is 50.4 Å². The Morgan fingerprint density at radius 2 is 2.05 bits per heavy atom. The minimum absolute atomic E-state index is 0.172. The van der Waals surface area contributed by atoms with Gasteiger partial charge in [0.1, 0.15) is 11.5 Å². The standard InChI is InChI=1S/C15H14BrN3O3/c1-10-6-7-11(22-10)8-18-19-14(20)9-17-15(21)12-4-2-3-5-13(12)16/h2-8H,9H2,1H3,(H,17,21)(H,19,20)/b18-8-. The van der Waals surface area contributed by atoms with E-state index >= 15 is 0 Å². The summed E-state index contributed by atoms with van der Waals surface area (Å²) in [6, 6.07) is 10.5. The van der Waals surface area contributed by atoms with Crippen molar-refractivity contribution in [3.8, 4) is 0 Å². The summed E-state index contributed by atoms with van der Waals surface area (Å²) in [6.45, 7) is 1.64. The van der Waals surface area contributed by atoms with E-state index in [9.17, 15) is 9.59 Å². The van der Waals surface area contributed by atoms with Crippen LogP contribution >= 0.6 is 15.9 Å². The van der Waals surface area contributed by atoms with Crippen LogP contribution in [0.2, 0.25) is 0 Å². The van der Waals surface area contributed by atoms with Gasteiger partial charge in [0, 0.05) is 4.47 Å². The molecule has 1 aromatic carbocycles. The molecule has 0 saturated heterocycles. The third-order valence-electron chi connectivity index (χ3n) is 2.67. The molecule has 2 amide bonds. The van der Waals surface area contributed by atoms with Crippen molar-refractivity contribution in [2.45, 2.75) is 6.92 Å².